The number of alkyl halides is 4. The first-order chi connectivity index (χ1) is 7.78. The molecule has 0 amide bonds. The molecule has 4 atom stereocenters. The zero-order chi connectivity index (χ0) is 12.8. The van der Waals surface area contributed by atoms with Gasteiger partial charge in [0.15, 0.2) is 0 Å². The van der Waals surface area contributed by atoms with Crippen molar-refractivity contribution in [2.45, 2.75) is 43.3 Å². The second-order valence-electron chi connectivity index (χ2n) is 4.91. The van der Waals surface area contributed by atoms with Crippen LogP contribution in [0.3, 0.4) is 0 Å². The van der Waals surface area contributed by atoms with Crippen LogP contribution < -0.4 is 29.6 Å². The Labute approximate surface area is 127 Å². The van der Waals surface area contributed by atoms with E-state index in [0.29, 0.717) is 12.8 Å². The van der Waals surface area contributed by atoms with Crippen LogP contribution in [0.15, 0.2) is 0 Å². The van der Waals surface area contributed by atoms with Crippen molar-refractivity contribution in [1.29, 1.82) is 0 Å². The Balaban J connectivity index is 0.00000162. The summed E-state index contributed by atoms with van der Waals surface area (Å²) in [5.41, 5.74) is 0. The molecule has 0 bridgehead atoms. The summed E-state index contributed by atoms with van der Waals surface area (Å²) < 4.78 is 74.0. The van der Waals surface area contributed by atoms with Crippen LogP contribution in [0.2, 0.25) is 0 Å². The van der Waals surface area contributed by atoms with Gasteiger partial charge in [-0.3, -0.25) is 4.21 Å². The van der Waals surface area contributed by atoms with Gasteiger partial charge in [0.1, 0.15) is 0 Å². The summed E-state index contributed by atoms with van der Waals surface area (Å²) in [6, 6.07) is 0. The van der Waals surface area contributed by atoms with Gasteiger partial charge in [-0.15, -0.1) is 0 Å². The van der Waals surface area contributed by atoms with Crippen LogP contribution in [-0.4, -0.2) is 19.9 Å². The quantitative estimate of drug-likeness (QED) is 0.415. The average molecular weight is 296 g/mol. The largest absolute Gasteiger partial charge is 1.00 e. The van der Waals surface area contributed by atoms with E-state index < -0.39 is 34.1 Å². The second kappa shape index (κ2) is 5.68. The van der Waals surface area contributed by atoms with Crippen LogP contribution in [0.1, 0.15) is 32.1 Å². The summed E-state index contributed by atoms with van der Waals surface area (Å²) in [5.74, 6) is -6.33. The van der Waals surface area contributed by atoms with Crippen LogP contribution in [0, 0.1) is 17.8 Å². The fraction of sp³-hybridized carbons (Fsp3) is 1.00. The molecule has 8 heteroatoms. The van der Waals surface area contributed by atoms with Crippen LogP contribution in [0.4, 0.5) is 17.6 Å². The van der Waals surface area contributed by atoms with Crippen molar-refractivity contribution in [3.8, 4) is 0 Å². The van der Waals surface area contributed by atoms with Crippen LogP contribution >= 0.6 is 0 Å². The third-order valence-corrected chi connectivity index (χ3v) is 4.84. The topological polar surface area (TPSA) is 40.1 Å². The van der Waals surface area contributed by atoms with E-state index in [4.69, 9.17) is 0 Å². The van der Waals surface area contributed by atoms with Crippen molar-refractivity contribution >= 4 is 11.1 Å². The molecule has 100 valence electrons. The molecule has 0 aromatic carbocycles. The Morgan fingerprint density at radius 3 is 2.22 bits per heavy atom. The molecule has 4 unspecified atom stereocenters. The summed E-state index contributed by atoms with van der Waals surface area (Å²) in [4.78, 5) is 0. The molecule has 0 spiro atoms. The molecule has 0 radical (unpaired) electrons. The normalized spacial score (nSPS) is 33.9. The van der Waals surface area contributed by atoms with E-state index in [2.05, 4.69) is 0 Å². The van der Waals surface area contributed by atoms with Gasteiger partial charge < -0.3 is 4.55 Å². The van der Waals surface area contributed by atoms with Gasteiger partial charge in [0, 0.05) is 17.0 Å². The van der Waals surface area contributed by atoms with E-state index >= 15 is 0 Å². The fourth-order valence-corrected chi connectivity index (χ4v) is 3.71. The van der Waals surface area contributed by atoms with E-state index in [1.165, 1.54) is 0 Å². The molecule has 0 aromatic rings. The van der Waals surface area contributed by atoms with Crippen LogP contribution in [0.5, 0.6) is 0 Å². The van der Waals surface area contributed by atoms with Crippen LogP contribution in [0.25, 0.3) is 0 Å². The monoisotopic (exact) mass is 296 g/mol. The van der Waals surface area contributed by atoms with Crippen molar-refractivity contribution < 1.29 is 55.9 Å². The SMILES string of the molecule is O=S([O-])C(F)(F)C(F)(F)C1CCC2CCCC21.[Na+]. The third kappa shape index (κ3) is 2.53. The number of hydrogen-bond acceptors (Lipinski definition) is 2. The van der Waals surface area contributed by atoms with Gasteiger partial charge in [-0.2, -0.15) is 17.6 Å². The molecule has 2 fully saturated rings. The first-order valence-electron chi connectivity index (χ1n) is 5.63. The molecule has 2 nitrogen and oxygen atoms in total. The standard InChI is InChI=1S/C10H14F4O2S.Na/c11-9(12,10(13,14)17(15)16)8-5-4-6-2-1-3-7(6)8;/h6-8H,1-5H2,(H,15,16);/q;+1/p-1. The summed E-state index contributed by atoms with van der Waals surface area (Å²) in [7, 11) is 0. The minimum absolute atomic E-state index is 0. The minimum Gasteiger partial charge on any atom is -0.768 e. The van der Waals surface area contributed by atoms with Gasteiger partial charge in [-0.1, -0.05) is 12.8 Å². The number of halogens is 4. The predicted molar refractivity (Wildman–Crippen MR) is 52.4 cm³/mol. The maximum Gasteiger partial charge on any atom is 1.00 e. The molecular weight excluding hydrogens is 283 g/mol. The Kier molecular flexibility index (Phi) is 5.32. The van der Waals surface area contributed by atoms with Gasteiger partial charge in [-0.25, -0.2) is 0 Å². The number of fused-ring (bicyclic) bond motifs is 1. The number of rotatable bonds is 3. The van der Waals surface area contributed by atoms with Crippen molar-refractivity contribution in [2.24, 2.45) is 17.8 Å². The molecule has 2 rings (SSSR count). The molecule has 0 aliphatic heterocycles. The maximum atomic E-state index is 13.7. The molecule has 0 heterocycles. The molecule has 2 aliphatic carbocycles. The van der Waals surface area contributed by atoms with Crippen molar-refractivity contribution in [3.63, 3.8) is 0 Å². The van der Waals surface area contributed by atoms with Crippen LogP contribution in [-0.2, 0) is 11.1 Å². The Bertz CT molecular complexity index is 340. The van der Waals surface area contributed by atoms with E-state index in [0.717, 1.165) is 12.8 Å². The second-order valence-corrected chi connectivity index (χ2v) is 5.90. The average Bonchev–Trinajstić information content (AvgIpc) is 2.76. The Morgan fingerprint density at radius 1 is 1.06 bits per heavy atom. The molecule has 0 N–H and O–H groups in total. The van der Waals surface area contributed by atoms with E-state index in [1.54, 1.807) is 0 Å². The van der Waals surface area contributed by atoms with Crippen molar-refractivity contribution in [2.75, 3.05) is 0 Å². The summed E-state index contributed by atoms with van der Waals surface area (Å²) in [6.45, 7) is 0. The number of hydrogen-bond donors (Lipinski definition) is 0. The van der Waals surface area contributed by atoms with Gasteiger partial charge in [0.05, 0.1) is 0 Å². The molecule has 2 aliphatic rings. The summed E-state index contributed by atoms with van der Waals surface area (Å²) in [6.07, 6.45) is 2.57. The molecule has 0 aromatic heterocycles. The molecule has 18 heavy (non-hydrogen) atoms. The predicted octanol–water partition coefficient (Wildman–Crippen LogP) is -0.0761. The Morgan fingerprint density at radius 2 is 1.67 bits per heavy atom. The van der Waals surface area contributed by atoms with Crippen molar-refractivity contribution in [3.05, 3.63) is 0 Å². The van der Waals surface area contributed by atoms with Crippen molar-refractivity contribution in [1.82, 2.24) is 0 Å². The zero-order valence-electron chi connectivity index (χ0n) is 10.0. The fourth-order valence-electron chi connectivity index (χ4n) is 3.34. The molecule has 2 saturated carbocycles. The molecule has 0 saturated heterocycles. The van der Waals surface area contributed by atoms with E-state index in [-0.39, 0.29) is 41.9 Å². The summed E-state index contributed by atoms with van der Waals surface area (Å²) in [5, 5.41) is -4.96. The zero-order valence-corrected chi connectivity index (χ0v) is 12.8. The third-order valence-electron chi connectivity index (χ3n) is 4.15. The van der Waals surface area contributed by atoms with Gasteiger partial charge in [-0.05, 0) is 31.1 Å². The first-order valence-corrected chi connectivity index (χ1v) is 6.71. The summed E-state index contributed by atoms with van der Waals surface area (Å²) >= 11 is -4.08. The smallest absolute Gasteiger partial charge is 0.768 e. The minimum atomic E-state index is -4.96. The van der Waals surface area contributed by atoms with Gasteiger partial charge in [0.2, 0.25) is 0 Å². The molecular formula is C10H13F4NaO2S. The Hall–Kier alpha value is 0.830. The first kappa shape index (κ1) is 16.9. The maximum absolute atomic E-state index is 13.7. The van der Waals surface area contributed by atoms with Gasteiger partial charge in [0.25, 0.3) is 0 Å². The van der Waals surface area contributed by atoms with E-state index in [1.807, 2.05) is 0 Å². The van der Waals surface area contributed by atoms with Gasteiger partial charge >= 0.3 is 40.7 Å². The van der Waals surface area contributed by atoms with E-state index in [9.17, 15) is 26.3 Å².